The number of hydrogen-bond acceptors (Lipinski definition) is 3. The molecule has 0 spiro atoms. The Balaban J connectivity index is 1.22. The Morgan fingerprint density at radius 3 is 2.51 bits per heavy atom. The normalized spacial score (nSPS) is 18.2. The van der Waals surface area contributed by atoms with Gasteiger partial charge in [0, 0.05) is 54.5 Å². The fraction of sp³-hybridized carbons (Fsp3) is 0.158. The van der Waals surface area contributed by atoms with E-state index in [0.717, 1.165) is 35.6 Å². The van der Waals surface area contributed by atoms with Gasteiger partial charge in [-0.25, -0.2) is 0 Å². The van der Waals surface area contributed by atoms with Gasteiger partial charge in [-0.3, -0.25) is 0 Å². The third-order valence-electron chi connectivity index (χ3n) is 8.47. The quantitative estimate of drug-likeness (QED) is 0.237. The second-order valence-electron chi connectivity index (χ2n) is 11.6. The largest absolute Gasteiger partial charge is 0.460 e. The number of furan rings is 1. The fourth-order valence-electron chi connectivity index (χ4n) is 6.35. The van der Waals surface area contributed by atoms with Crippen LogP contribution in [0, 0.1) is 11.8 Å². The van der Waals surface area contributed by atoms with Crippen molar-refractivity contribution in [3.8, 4) is 11.1 Å². The summed E-state index contributed by atoms with van der Waals surface area (Å²) in [5, 5.41) is 7.50. The second kappa shape index (κ2) is 9.64. The van der Waals surface area contributed by atoms with Gasteiger partial charge in [0.05, 0.1) is 0 Å². The van der Waals surface area contributed by atoms with Crippen molar-refractivity contribution in [3.05, 3.63) is 120 Å². The SMILES string of the molecule is CC1C=C(c2ccc(Nc3cc(-c4ccc5c6c(oc5c4)CC(C)C=C6)c4sc5ccccc5c4c3)cc2)C=CC1. The molecule has 8 rings (SSSR count). The van der Waals surface area contributed by atoms with E-state index in [2.05, 4.69) is 128 Å². The summed E-state index contributed by atoms with van der Waals surface area (Å²) in [6.45, 7) is 4.52. The number of nitrogens with one attached hydrogen (secondary N) is 1. The molecule has 0 radical (unpaired) electrons. The molecule has 0 amide bonds. The predicted molar refractivity (Wildman–Crippen MR) is 177 cm³/mol. The smallest absolute Gasteiger partial charge is 0.135 e. The maximum absolute atomic E-state index is 6.41. The van der Waals surface area contributed by atoms with Crippen LogP contribution in [0.1, 0.15) is 37.2 Å². The Labute approximate surface area is 244 Å². The zero-order chi connectivity index (χ0) is 27.5. The van der Waals surface area contributed by atoms with Gasteiger partial charge >= 0.3 is 0 Å². The summed E-state index contributed by atoms with van der Waals surface area (Å²) in [6.07, 6.45) is 13.5. The number of rotatable bonds is 4. The van der Waals surface area contributed by atoms with E-state index in [1.54, 1.807) is 0 Å². The molecule has 0 bridgehead atoms. The van der Waals surface area contributed by atoms with Crippen LogP contribution in [0.2, 0.25) is 0 Å². The zero-order valence-electron chi connectivity index (χ0n) is 23.3. The van der Waals surface area contributed by atoms with Gasteiger partial charge in [0.25, 0.3) is 0 Å². The van der Waals surface area contributed by atoms with Crippen molar-refractivity contribution >= 4 is 65.5 Å². The minimum Gasteiger partial charge on any atom is -0.460 e. The van der Waals surface area contributed by atoms with Crippen LogP contribution in [0.5, 0.6) is 0 Å². The van der Waals surface area contributed by atoms with E-state index in [-0.39, 0.29) is 0 Å². The molecule has 3 heteroatoms. The van der Waals surface area contributed by atoms with Gasteiger partial charge in [0.2, 0.25) is 0 Å². The Bertz CT molecular complexity index is 2050. The highest BCUT2D eigenvalue weighted by atomic mass is 32.1. The van der Waals surface area contributed by atoms with Crippen LogP contribution in [0.25, 0.3) is 53.9 Å². The van der Waals surface area contributed by atoms with Crippen LogP contribution >= 0.6 is 11.3 Å². The van der Waals surface area contributed by atoms with Gasteiger partial charge in [-0.1, -0.05) is 80.6 Å². The average molecular weight is 550 g/mol. The highest BCUT2D eigenvalue weighted by Crippen LogP contribution is 2.44. The molecule has 1 N–H and O–H groups in total. The van der Waals surface area contributed by atoms with Crippen LogP contribution in [-0.2, 0) is 6.42 Å². The topological polar surface area (TPSA) is 25.2 Å². The summed E-state index contributed by atoms with van der Waals surface area (Å²) in [7, 11) is 0. The lowest BCUT2D eigenvalue weighted by atomic mass is 9.93. The standard InChI is InChI=1S/C38H31NOS/c1-23-6-5-7-26(18-23)25-11-14-28(15-12-25)39-29-21-33(38-34(22-29)32-8-3-4-9-37(32)41-38)27-13-17-31-30-16-10-24(2)19-35(30)40-36(31)20-27/h3-5,7-18,20-24,39H,6,19H2,1-2H3. The molecule has 0 fully saturated rings. The molecule has 200 valence electrons. The minimum absolute atomic E-state index is 0.511. The summed E-state index contributed by atoms with van der Waals surface area (Å²) >= 11 is 1.87. The number of allylic oxidation sites excluding steroid dienone is 5. The number of fused-ring (bicyclic) bond motifs is 6. The van der Waals surface area contributed by atoms with Crippen molar-refractivity contribution < 1.29 is 4.42 Å². The first kappa shape index (κ1) is 24.5. The van der Waals surface area contributed by atoms with Gasteiger partial charge in [0.15, 0.2) is 0 Å². The molecule has 2 atom stereocenters. The maximum atomic E-state index is 6.41. The molecule has 41 heavy (non-hydrogen) atoms. The van der Waals surface area contributed by atoms with Gasteiger partial charge in [0.1, 0.15) is 11.3 Å². The van der Waals surface area contributed by atoms with E-state index >= 15 is 0 Å². The second-order valence-corrected chi connectivity index (χ2v) is 12.7. The maximum Gasteiger partial charge on any atom is 0.135 e. The Hall–Kier alpha value is -4.34. The van der Waals surface area contributed by atoms with Crippen LogP contribution in [0.3, 0.4) is 0 Å². The third-order valence-corrected chi connectivity index (χ3v) is 9.69. The Morgan fingerprint density at radius 1 is 0.780 bits per heavy atom. The molecule has 4 aromatic carbocycles. The molecule has 2 aliphatic carbocycles. The van der Waals surface area contributed by atoms with Crippen LogP contribution in [-0.4, -0.2) is 0 Å². The van der Waals surface area contributed by atoms with Crippen LogP contribution in [0.15, 0.2) is 108 Å². The molecular weight excluding hydrogens is 518 g/mol. The van der Waals surface area contributed by atoms with Crippen molar-refractivity contribution in [1.82, 2.24) is 0 Å². The summed E-state index contributed by atoms with van der Waals surface area (Å²) < 4.78 is 9.03. The van der Waals surface area contributed by atoms with E-state index in [0.29, 0.717) is 11.8 Å². The first-order valence-electron chi connectivity index (χ1n) is 14.5. The van der Waals surface area contributed by atoms with Crippen molar-refractivity contribution in [2.75, 3.05) is 5.32 Å². The molecule has 0 saturated carbocycles. The molecular formula is C38H31NOS. The monoisotopic (exact) mass is 549 g/mol. The first-order valence-corrected chi connectivity index (χ1v) is 15.4. The number of hydrogen-bond donors (Lipinski definition) is 1. The van der Waals surface area contributed by atoms with Gasteiger partial charge in [-0.2, -0.15) is 0 Å². The highest BCUT2D eigenvalue weighted by Gasteiger charge is 2.19. The minimum atomic E-state index is 0.511. The molecule has 2 nitrogen and oxygen atoms in total. The Kier molecular flexibility index (Phi) is 5.75. The van der Waals surface area contributed by atoms with E-state index in [1.807, 2.05) is 11.3 Å². The molecule has 2 aromatic heterocycles. The van der Waals surface area contributed by atoms with E-state index in [4.69, 9.17) is 4.42 Å². The van der Waals surface area contributed by atoms with E-state index < -0.39 is 0 Å². The van der Waals surface area contributed by atoms with E-state index in [9.17, 15) is 0 Å². The number of anilines is 2. The van der Waals surface area contributed by atoms with Crippen LogP contribution in [0.4, 0.5) is 11.4 Å². The average Bonchev–Trinajstić information content (AvgIpc) is 3.54. The van der Waals surface area contributed by atoms with Crippen LogP contribution < -0.4 is 5.32 Å². The highest BCUT2D eigenvalue weighted by molar-refractivity contribution is 7.26. The summed E-state index contributed by atoms with van der Waals surface area (Å²) in [5.41, 5.74) is 9.36. The molecule has 6 aromatic rings. The number of thiophene rings is 1. The summed E-state index contributed by atoms with van der Waals surface area (Å²) in [5.74, 6) is 2.20. The predicted octanol–water partition coefficient (Wildman–Crippen LogP) is 11.4. The number of benzene rings is 4. The van der Waals surface area contributed by atoms with Crippen molar-refractivity contribution in [3.63, 3.8) is 0 Å². The van der Waals surface area contributed by atoms with Gasteiger partial charge < -0.3 is 9.73 Å². The summed E-state index contributed by atoms with van der Waals surface area (Å²) in [4.78, 5) is 0. The van der Waals surface area contributed by atoms with Gasteiger partial charge in [-0.05, 0) is 77.4 Å². The lowest BCUT2D eigenvalue weighted by Gasteiger charge is -2.14. The molecule has 2 heterocycles. The first-order chi connectivity index (χ1) is 20.1. The third kappa shape index (κ3) is 4.32. The molecule has 2 unspecified atom stereocenters. The van der Waals surface area contributed by atoms with Crippen molar-refractivity contribution in [1.29, 1.82) is 0 Å². The Morgan fingerprint density at radius 2 is 1.63 bits per heavy atom. The molecule has 2 aliphatic rings. The van der Waals surface area contributed by atoms with Gasteiger partial charge in [-0.15, -0.1) is 11.3 Å². The zero-order valence-corrected chi connectivity index (χ0v) is 24.1. The van der Waals surface area contributed by atoms with Crippen molar-refractivity contribution in [2.45, 2.75) is 26.7 Å². The van der Waals surface area contributed by atoms with Crippen molar-refractivity contribution in [2.24, 2.45) is 11.8 Å². The lowest BCUT2D eigenvalue weighted by Crippen LogP contribution is -2.00. The molecule has 0 saturated heterocycles. The lowest BCUT2D eigenvalue weighted by molar-refractivity contribution is 0.513. The van der Waals surface area contributed by atoms with E-state index in [1.165, 1.54) is 53.4 Å². The summed E-state index contributed by atoms with van der Waals surface area (Å²) in [6, 6.07) is 28.9. The molecule has 0 aliphatic heterocycles. The fourth-order valence-corrected chi connectivity index (χ4v) is 7.57.